The Morgan fingerprint density at radius 3 is 2.36 bits per heavy atom. The SMILES string of the molecule is CC(C)(C)c1ccc(OCCCn2nnc(-c3ccc(C(N)=O)cc3)n2)cc1. The van der Waals surface area contributed by atoms with Gasteiger partial charge in [0.05, 0.1) is 13.2 Å². The lowest BCUT2D eigenvalue weighted by Gasteiger charge is -2.19. The largest absolute Gasteiger partial charge is 0.494 e. The van der Waals surface area contributed by atoms with E-state index in [2.05, 4.69) is 48.3 Å². The highest BCUT2D eigenvalue weighted by Gasteiger charge is 2.13. The molecule has 3 aromatic rings. The van der Waals surface area contributed by atoms with Crippen molar-refractivity contribution in [3.05, 3.63) is 59.7 Å². The van der Waals surface area contributed by atoms with E-state index in [0.717, 1.165) is 17.7 Å². The predicted molar refractivity (Wildman–Crippen MR) is 107 cm³/mol. The number of aryl methyl sites for hydroxylation is 1. The second-order valence-corrected chi connectivity index (χ2v) is 7.63. The highest BCUT2D eigenvalue weighted by Crippen LogP contribution is 2.24. The summed E-state index contributed by atoms with van der Waals surface area (Å²) < 4.78 is 5.79. The summed E-state index contributed by atoms with van der Waals surface area (Å²) in [6.07, 6.45) is 0.761. The van der Waals surface area contributed by atoms with Crippen molar-refractivity contribution in [1.29, 1.82) is 0 Å². The number of nitrogens with zero attached hydrogens (tertiary/aromatic N) is 4. The molecule has 2 aromatic carbocycles. The number of benzene rings is 2. The zero-order valence-corrected chi connectivity index (χ0v) is 16.4. The Labute approximate surface area is 164 Å². The molecule has 0 unspecified atom stereocenters. The summed E-state index contributed by atoms with van der Waals surface area (Å²) in [6.45, 7) is 7.74. The molecule has 0 spiro atoms. The van der Waals surface area contributed by atoms with Gasteiger partial charge in [0.25, 0.3) is 0 Å². The van der Waals surface area contributed by atoms with E-state index in [0.29, 0.717) is 24.5 Å². The van der Waals surface area contributed by atoms with Gasteiger partial charge in [-0.2, -0.15) is 4.80 Å². The Morgan fingerprint density at radius 1 is 1.07 bits per heavy atom. The lowest BCUT2D eigenvalue weighted by atomic mass is 9.87. The van der Waals surface area contributed by atoms with E-state index in [1.807, 2.05) is 12.1 Å². The topological polar surface area (TPSA) is 95.9 Å². The van der Waals surface area contributed by atoms with Crippen LogP contribution in [0.3, 0.4) is 0 Å². The molecular formula is C21H25N5O2. The van der Waals surface area contributed by atoms with E-state index in [4.69, 9.17) is 10.5 Å². The first-order valence-electron chi connectivity index (χ1n) is 9.24. The first-order valence-corrected chi connectivity index (χ1v) is 9.24. The maximum Gasteiger partial charge on any atom is 0.248 e. The van der Waals surface area contributed by atoms with Gasteiger partial charge in [-0.1, -0.05) is 45.0 Å². The van der Waals surface area contributed by atoms with Gasteiger partial charge in [-0.05, 0) is 40.5 Å². The van der Waals surface area contributed by atoms with Gasteiger partial charge >= 0.3 is 0 Å². The fourth-order valence-electron chi connectivity index (χ4n) is 2.68. The van der Waals surface area contributed by atoms with Crippen molar-refractivity contribution in [3.8, 4) is 17.1 Å². The van der Waals surface area contributed by atoms with Crippen LogP contribution in [0.5, 0.6) is 5.75 Å². The Balaban J connectivity index is 1.49. The van der Waals surface area contributed by atoms with E-state index in [1.54, 1.807) is 29.1 Å². The molecule has 0 radical (unpaired) electrons. The third-order valence-electron chi connectivity index (χ3n) is 4.37. The van der Waals surface area contributed by atoms with Crippen LogP contribution >= 0.6 is 0 Å². The van der Waals surface area contributed by atoms with Crippen molar-refractivity contribution in [2.75, 3.05) is 6.61 Å². The van der Waals surface area contributed by atoms with E-state index in [9.17, 15) is 4.79 Å². The Kier molecular flexibility index (Phi) is 5.73. The van der Waals surface area contributed by atoms with Gasteiger partial charge in [-0.25, -0.2) is 0 Å². The van der Waals surface area contributed by atoms with Crippen LogP contribution in [0.1, 0.15) is 43.1 Å². The van der Waals surface area contributed by atoms with E-state index >= 15 is 0 Å². The maximum atomic E-state index is 11.1. The summed E-state index contributed by atoms with van der Waals surface area (Å²) in [4.78, 5) is 12.7. The molecule has 0 aliphatic carbocycles. The monoisotopic (exact) mass is 379 g/mol. The predicted octanol–water partition coefficient (Wildman–Crippen LogP) is 3.21. The maximum absolute atomic E-state index is 11.1. The molecule has 0 bridgehead atoms. The van der Waals surface area contributed by atoms with Crippen LogP contribution < -0.4 is 10.5 Å². The number of hydrogen-bond donors (Lipinski definition) is 1. The van der Waals surface area contributed by atoms with Gasteiger partial charge in [-0.15, -0.1) is 10.2 Å². The fraction of sp³-hybridized carbons (Fsp3) is 0.333. The number of ether oxygens (including phenoxy) is 1. The molecule has 0 saturated carbocycles. The highest BCUT2D eigenvalue weighted by atomic mass is 16.5. The second kappa shape index (κ2) is 8.21. The number of carbonyl (C=O) groups is 1. The quantitative estimate of drug-likeness (QED) is 0.636. The van der Waals surface area contributed by atoms with E-state index in [-0.39, 0.29) is 5.41 Å². The summed E-state index contributed by atoms with van der Waals surface area (Å²) in [6, 6.07) is 15.0. The number of tetrazole rings is 1. The van der Waals surface area contributed by atoms with Crippen molar-refractivity contribution < 1.29 is 9.53 Å². The van der Waals surface area contributed by atoms with Crippen LogP contribution in [0.2, 0.25) is 0 Å². The van der Waals surface area contributed by atoms with Crippen molar-refractivity contribution in [3.63, 3.8) is 0 Å². The number of nitrogens with two attached hydrogens (primary N) is 1. The van der Waals surface area contributed by atoms with Gasteiger partial charge in [0.2, 0.25) is 11.7 Å². The molecule has 0 aliphatic rings. The minimum atomic E-state index is -0.462. The summed E-state index contributed by atoms with van der Waals surface area (Å²) in [5, 5.41) is 12.5. The number of aromatic nitrogens is 4. The number of primary amides is 1. The third kappa shape index (κ3) is 4.94. The van der Waals surface area contributed by atoms with Gasteiger partial charge in [0.15, 0.2) is 0 Å². The van der Waals surface area contributed by atoms with Crippen molar-refractivity contribution in [1.82, 2.24) is 20.2 Å². The highest BCUT2D eigenvalue weighted by molar-refractivity contribution is 5.93. The van der Waals surface area contributed by atoms with E-state index < -0.39 is 5.91 Å². The first-order chi connectivity index (χ1) is 13.3. The van der Waals surface area contributed by atoms with Gasteiger partial charge in [-0.3, -0.25) is 4.79 Å². The Morgan fingerprint density at radius 2 is 1.75 bits per heavy atom. The molecule has 1 amide bonds. The smallest absolute Gasteiger partial charge is 0.248 e. The zero-order chi connectivity index (χ0) is 20.1. The van der Waals surface area contributed by atoms with Crippen LogP contribution in [0.25, 0.3) is 11.4 Å². The Hall–Kier alpha value is -3.22. The molecule has 0 saturated heterocycles. The second-order valence-electron chi connectivity index (χ2n) is 7.63. The van der Waals surface area contributed by atoms with Crippen molar-refractivity contribution in [2.24, 2.45) is 5.73 Å². The molecule has 0 fully saturated rings. The molecular weight excluding hydrogens is 354 g/mol. The number of rotatable bonds is 7. The molecule has 3 rings (SSSR count). The number of amides is 1. The van der Waals surface area contributed by atoms with Gasteiger partial charge in [0, 0.05) is 17.5 Å². The summed E-state index contributed by atoms with van der Waals surface area (Å²) in [5.41, 5.74) is 7.89. The molecule has 146 valence electrons. The molecule has 0 aliphatic heterocycles. The van der Waals surface area contributed by atoms with Gasteiger partial charge < -0.3 is 10.5 Å². The Bertz CT molecular complexity index is 925. The lowest BCUT2D eigenvalue weighted by molar-refractivity contribution is 0.100. The fourth-order valence-corrected chi connectivity index (χ4v) is 2.68. The average Bonchev–Trinajstić information content (AvgIpc) is 3.14. The summed E-state index contributed by atoms with van der Waals surface area (Å²) in [5.74, 6) is 0.903. The molecule has 0 atom stereocenters. The number of carbonyl (C=O) groups excluding carboxylic acids is 1. The van der Waals surface area contributed by atoms with Crippen LogP contribution in [0, 0.1) is 0 Å². The van der Waals surface area contributed by atoms with E-state index in [1.165, 1.54) is 5.56 Å². The molecule has 28 heavy (non-hydrogen) atoms. The standard InChI is InChI=1S/C21H25N5O2/c1-21(2,3)17-9-11-18(12-10-17)28-14-4-13-26-24-20(23-25-26)16-7-5-15(6-8-16)19(22)27/h5-12H,4,13-14H2,1-3H3,(H2,22,27). The summed E-state index contributed by atoms with van der Waals surface area (Å²) >= 11 is 0. The van der Waals surface area contributed by atoms with Crippen LogP contribution in [-0.4, -0.2) is 32.7 Å². The first kappa shape index (κ1) is 19.5. The molecule has 1 aromatic heterocycles. The minimum absolute atomic E-state index is 0.134. The summed E-state index contributed by atoms with van der Waals surface area (Å²) in [7, 11) is 0. The van der Waals surface area contributed by atoms with Crippen molar-refractivity contribution >= 4 is 5.91 Å². The normalized spacial score (nSPS) is 11.4. The van der Waals surface area contributed by atoms with Crippen LogP contribution in [0.4, 0.5) is 0 Å². The van der Waals surface area contributed by atoms with Gasteiger partial charge in [0.1, 0.15) is 5.75 Å². The van der Waals surface area contributed by atoms with Crippen LogP contribution in [0.15, 0.2) is 48.5 Å². The average molecular weight is 379 g/mol. The number of hydrogen-bond acceptors (Lipinski definition) is 5. The molecule has 2 N–H and O–H groups in total. The minimum Gasteiger partial charge on any atom is -0.494 e. The zero-order valence-electron chi connectivity index (χ0n) is 16.4. The molecule has 1 heterocycles. The van der Waals surface area contributed by atoms with Crippen molar-refractivity contribution in [2.45, 2.75) is 39.2 Å². The molecule has 7 nitrogen and oxygen atoms in total. The lowest BCUT2D eigenvalue weighted by Crippen LogP contribution is -2.11. The third-order valence-corrected chi connectivity index (χ3v) is 4.37. The molecule has 7 heteroatoms. The van der Waals surface area contributed by atoms with Crippen LogP contribution in [-0.2, 0) is 12.0 Å².